The van der Waals surface area contributed by atoms with Gasteiger partial charge in [-0.25, -0.2) is 0 Å². The Kier molecular flexibility index (Phi) is 8.76. The van der Waals surface area contributed by atoms with Crippen LogP contribution in [0.5, 0.6) is 17.2 Å². The zero-order chi connectivity index (χ0) is 25.5. The number of carbonyl (C=O) groups excluding carboxylic acids is 2. The van der Waals surface area contributed by atoms with Crippen molar-refractivity contribution in [1.29, 1.82) is 0 Å². The summed E-state index contributed by atoms with van der Waals surface area (Å²) in [5.41, 5.74) is 1.04. The first-order valence-corrected chi connectivity index (χ1v) is 11.7. The summed E-state index contributed by atoms with van der Waals surface area (Å²) in [6.45, 7) is 3.55. The van der Waals surface area contributed by atoms with Crippen LogP contribution < -0.4 is 14.2 Å². The molecule has 1 atom stereocenters. The van der Waals surface area contributed by atoms with Gasteiger partial charge in [-0.1, -0.05) is 13.3 Å². The predicted molar refractivity (Wildman–Crippen MR) is 134 cm³/mol. The first-order valence-electron chi connectivity index (χ1n) is 11.7. The lowest BCUT2D eigenvalue weighted by Crippen LogP contribution is -2.35. The van der Waals surface area contributed by atoms with Gasteiger partial charge in [0.25, 0.3) is 11.7 Å². The SMILES string of the molecule is CCCCOc1ccc(C(O)=C2C(=O)C(=O)N(CCN(C)C)C2c2ccc(OC)cc2OC)cc1. The number of Topliss-reactive ketones (excluding diaryl/α,β-unsaturated/α-hetero) is 1. The first kappa shape index (κ1) is 26.1. The number of amides is 1. The molecule has 0 aromatic heterocycles. The van der Waals surface area contributed by atoms with E-state index >= 15 is 0 Å². The lowest BCUT2D eigenvalue weighted by molar-refractivity contribution is -0.140. The van der Waals surface area contributed by atoms with Gasteiger partial charge in [-0.2, -0.15) is 0 Å². The summed E-state index contributed by atoms with van der Waals surface area (Å²) >= 11 is 0. The van der Waals surface area contributed by atoms with Crippen molar-refractivity contribution < 1.29 is 28.9 Å². The molecule has 1 unspecified atom stereocenters. The lowest BCUT2D eigenvalue weighted by atomic mass is 9.94. The van der Waals surface area contributed by atoms with Crippen LogP contribution in [0.25, 0.3) is 5.76 Å². The van der Waals surface area contributed by atoms with E-state index < -0.39 is 17.7 Å². The first-order chi connectivity index (χ1) is 16.8. The van der Waals surface area contributed by atoms with Crippen molar-refractivity contribution in [3.8, 4) is 17.2 Å². The molecule has 1 fully saturated rings. The van der Waals surface area contributed by atoms with Crippen molar-refractivity contribution in [3.63, 3.8) is 0 Å². The van der Waals surface area contributed by atoms with Crippen molar-refractivity contribution >= 4 is 17.4 Å². The number of likely N-dealkylation sites (N-methyl/N-ethyl adjacent to an activating group) is 1. The smallest absolute Gasteiger partial charge is 0.295 e. The molecular weight excluding hydrogens is 448 g/mol. The second kappa shape index (κ2) is 11.8. The molecule has 0 aliphatic carbocycles. The van der Waals surface area contributed by atoms with Crippen molar-refractivity contribution in [1.82, 2.24) is 9.80 Å². The molecule has 1 N–H and O–H groups in total. The molecule has 8 nitrogen and oxygen atoms in total. The van der Waals surface area contributed by atoms with Gasteiger partial charge < -0.3 is 29.1 Å². The van der Waals surface area contributed by atoms with Gasteiger partial charge in [0.05, 0.1) is 32.4 Å². The van der Waals surface area contributed by atoms with Crippen molar-refractivity contribution in [2.75, 3.05) is 48.0 Å². The molecule has 2 aromatic rings. The van der Waals surface area contributed by atoms with E-state index in [-0.39, 0.29) is 11.3 Å². The molecule has 1 aliphatic rings. The van der Waals surface area contributed by atoms with Gasteiger partial charge in [-0.05, 0) is 56.9 Å². The molecule has 1 amide bonds. The number of benzene rings is 2. The van der Waals surface area contributed by atoms with Gasteiger partial charge in [-0.3, -0.25) is 9.59 Å². The van der Waals surface area contributed by atoms with E-state index in [2.05, 4.69) is 6.92 Å². The number of aliphatic hydroxyl groups is 1. The topological polar surface area (TPSA) is 88.5 Å². The summed E-state index contributed by atoms with van der Waals surface area (Å²) < 4.78 is 16.6. The Labute approximate surface area is 206 Å². The Bertz CT molecular complexity index is 1080. The second-order valence-electron chi connectivity index (χ2n) is 8.63. The monoisotopic (exact) mass is 482 g/mol. The summed E-state index contributed by atoms with van der Waals surface area (Å²) in [4.78, 5) is 29.7. The van der Waals surface area contributed by atoms with Gasteiger partial charge in [0.1, 0.15) is 23.0 Å². The molecule has 0 spiro atoms. The number of rotatable bonds is 11. The fraction of sp³-hybridized carbons (Fsp3) is 0.407. The van der Waals surface area contributed by atoms with E-state index in [1.807, 2.05) is 19.0 Å². The van der Waals surface area contributed by atoms with E-state index in [9.17, 15) is 14.7 Å². The molecule has 188 valence electrons. The Balaban J connectivity index is 2.09. The number of unbranched alkanes of at least 4 members (excludes halogenated alkanes) is 1. The van der Waals surface area contributed by atoms with Crippen LogP contribution in [0.1, 0.15) is 36.9 Å². The predicted octanol–water partition coefficient (Wildman–Crippen LogP) is 3.87. The summed E-state index contributed by atoms with van der Waals surface area (Å²) in [5, 5.41) is 11.3. The third-order valence-electron chi connectivity index (χ3n) is 5.96. The Morgan fingerprint density at radius 2 is 1.71 bits per heavy atom. The summed E-state index contributed by atoms with van der Waals surface area (Å²) in [7, 11) is 6.85. The Hall–Kier alpha value is -3.52. The Morgan fingerprint density at radius 1 is 1.03 bits per heavy atom. The average Bonchev–Trinajstić information content (AvgIpc) is 3.11. The van der Waals surface area contributed by atoms with Crippen molar-refractivity contribution in [3.05, 3.63) is 59.2 Å². The number of carbonyl (C=O) groups is 2. The quantitative estimate of drug-likeness (QED) is 0.225. The number of likely N-dealkylation sites (tertiary alicyclic amines) is 1. The maximum atomic E-state index is 13.2. The van der Waals surface area contributed by atoms with E-state index in [1.165, 1.54) is 12.0 Å². The van der Waals surface area contributed by atoms with E-state index in [0.29, 0.717) is 48.1 Å². The molecule has 3 rings (SSSR count). The Morgan fingerprint density at radius 3 is 2.31 bits per heavy atom. The molecule has 8 heteroatoms. The molecule has 0 radical (unpaired) electrons. The fourth-order valence-corrected chi connectivity index (χ4v) is 3.98. The third-order valence-corrected chi connectivity index (χ3v) is 5.96. The van der Waals surface area contributed by atoms with Crippen LogP contribution in [-0.4, -0.2) is 74.6 Å². The highest BCUT2D eigenvalue weighted by atomic mass is 16.5. The molecule has 1 aliphatic heterocycles. The normalized spacial score (nSPS) is 17.2. The maximum absolute atomic E-state index is 13.2. The van der Waals surface area contributed by atoms with Crippen LogP contribution in [0.4, 0.5) is 0 Å². The number of nitrogens with zero attached hydrogens (tertiary/aromatic N) is 2. The highest BCUT2D eigenvalue weighted by molar-refractivity contribution is 6.46. The van der Waals surface area contributed by atoms with Crippen LogP contribution in [0.3, 0.4) is 0 Å². The zero-order valence-corrected chi connectivity index (χ0v) is 21.0. The van der Waals surface area contributed by atoms with E-state index in [1.54, 1.807) is 49.6 Å². The van der Waals surface area contributed by atoms with Gasteiger partial charge in [-0.15, -0.1) is 0 Å². The van der Waals surface area contributed by atoms with Gasteiger partial charge in [0.2, 0.25) is 0 Å². The van der Waals surface area contributed by atoms with E-state index in [4.69, 9.17) is 14.2 Å². The number of hydrogen-bond acceptors (Lipinski definition) is 7. The number of ether oxygens (including phenoxy) is 3. The van der Waals surface area contributed by atoms with Crippen molar-refractivity contribution in [2.45, 2.75) is 25.8 Å². The van der Waals surface area contributed by atoms with Gasteiger partial charge in [0.15, 0.2) is 0 Å². The standard InChI is InChI=1S/C27H34N2O6/c1-6-7-16-35-19-10-8-18(9-11-19)25(30)23-24(21-13-12-20(33-4)17-22(21)34-5)29(15-14-28(2)3)27(32)26(23)31/h8-13,17,24,30H,6-7,14-16H2,1-5H3. The third kappa shape index (κ3) is 5.77. The van der Waals surface area contributed by atoms with Crippen LogP contribution >= 0.6 is 0 Å². The van der Waals surface area contributed by atoms with Crippen molar-refractivity contribution in [2.24, 2.45) is 0 Å². The molecule has 35 heavy (non-hydrogen) atoms. The molecule has 0 bridgehead atoms. The van der Waals surface area contributed by atoms with Gasteiger partial charge in [0, 0.05) is 30.3 Å². The summed E-state index contributed by atoms with van der Waals surface area (Å²) in [6, 6.07) is 11.3. The van der Waals surface area contributed by atoms with Gasteiger partial charge >= 0.3 is 0 Å². The number of methoxy groups -OCH3 is 2. The number of ketones is 1. The minimum atomic E-state index is -0.809. The van der Waals surface area contributed by atoms with Crippen LogP contribution in [0.2, 0.25) is 0 Å². The zero-order valence-electron chi connectivity index (χ0n) is 21.0. The molecule has 2 aromatic carbocycles. The molecule has 0 saturated carbocycles. The van der Waals surface area contributed by atoms with E-state index in [0.717, 1.165) is 12.8 Å². The molecule has 1 saturated heterocycles. The van der Waals surface area contributed by atoms with Crippen LogP contribution in [0.15, 0.2) is 48.0 Å². The van der Waals surface area contributed by atoms with Crippen LogP contribution in [-0.2, 0) is 9.59 Å². The average molecular weight is 483 g/mol. The minimum Gasteiger partial charge on any atom is -0.507 e. The highest BCUT2D eigenvalue weighted by Gasteiger charge is 2.47. The largest absolute Gasteiger partial charge is 0.507 e. The minimum absolute atomic E-state index is 0.0249. The highest BCUT2D eigenvalue weighted by Crippen LogP contribution is 2.43. The molecular formula is C27H34N2O6. The summed E-state index contributed by atoms with van der Waals surface area (Å²) in [5.74, 6) is 0.0860. The fourth-order valence-electron chi connectivity index (χ4n) is 3.98. The maximum Gasteiger partial charge on any atom is 0.295 e. The second-order valence-corrected chi connectivity index (χ2v) is 8.63. The number of hydrogen-bond donors (Lipinski definition) is 1. The lowest BCUT2D eigenvalue weighted by Gasteiger charge is -2.27. The summed E-state index contributed by atoms with van der Waals surface area (Å²) in [6.07, 6.45) is 1.98. The van der Waals surface area contributed by atoms with Crippen LogP contribution in [0, 0.1) is 0 Å². The number of aliphatic hydroxyl groups excluding tert-OH is 1. The molecule has 1 heterocycles.